The summed E-state index contributed by atoms with van der Waals surface area (Å²) >= 11 is 0. The van der Waals surface area contributed by atoms with E-state index < -0.39 is 0 Å². The first-order chi connectivity index (χ1) is 8.93. The zero-order valence-corrected chi connectivity index (χ0v) is 13.0. The number of hydrogen-bond acceptors (Lipinski definition) is 2. The molecule has 1 saturated heterocycles. The van der Waals surface area contributed by atoms with E-state index in [1.165, 1.54) is 77.4 Å². The van der Waals surface area contributed by atoms with Crippen molar-refractivity contribution in [2.24, 2.45) is 0 Å². The zero-order valence-electron chi connectivity index (χ0n) is 13.0. The van der Waals surface area contributed by atoms with Gasteiger partial charge in [-0.05, 0) is 45.3 Å². The Kier molecular flexibility index (Phi) is 14.9. The fourth-order valence-electron chi connectivity index (χ4n) is 2.47. The van der Waals surface area contributed by atoms with E-state index >= 15 is 0 Å². The highest BCUT2D eigenvalue weighted by molar-refractivity contribution is 4.64. The molecule has 0 aromatic carbocycles. The number of piperidine rings is 1. The van der Waals surface area contributed by atoms with Gasteiger partial charge in [-0.25, -0.2) is 0 Å². The SMILES string of the molecule is CC.COCCCCCCCCN1CCCCC1. The van der Waals surface area contributed by atoms with Crippen molar-refractivity contribution in [3.63, 3.8) is 0 Å². The number of hydrogen-bond donors (Lipinski definition) is 0. The second-order valence-electron chi connectivity index (χ2n) is 5.02. The molecule has 1 rings (SSSR count). The van der Waals surface area contributed by atoms with Gasteiger partial charge in [-0.15, -0.1) is 0 Å². The van der Waals surface area contributed by atoms with Gasteiger partial charge in [0.25, 0.3) is 0 Å². The molecular weight excluding hydrogens is 222 g/mol. The third kappa shape index (κ3) is 11.0. The molecule has 0 bridgehead atoms. The molecule has 0 unspecified atom stereocenters. The molecule has 2 nitrogen and oxygen atoms in total. The Morgan fingerprint density at radius 1 is 0.778 bits per heavy atom. The van der Waals surface area contributed by atoms with Crippen molar-refractivity contribution in [3.05, 3.63) is 0 Å². The van der Waals surface area contributed by atoms with Crippen LogP contribution in [-0.2, 0) is 4.74 Å². The predicted molar refractivity (Wildman–Crippen MR) is 81.2 cm³/mol. The lowest BCUT2D eigenvalue weighted by atomic mass is 10.1. The molecule has 0 N–H and O–H groups in total. The van der Waals surface area contributed by atoms with E-state index in [4.69, 9.17) is 4.74 Å². The summed E-state index contributed by atoms with van der Waals surface area (Å²) in [5, 5.41) is 0. The summed E-state index contributed by atoms with van der Waals surface area (Å²) in [5.41, 5.74) is 0. The third-order valence-electron chi connectivity index (χ3n) is 3.52. The summed E-state index contributed by atoms with van der Waals surface area (Å²) in [7, 11) is 1.79. The first-order valence-corrected chi connectivity index (χ1v) is 8.15. The number of unbranched alkanes of at least 4 members (excludes halogenated alkanes) is 5. The van der Waals surface area contributed by atoms with E-state index in [0.717, 1.165) is 6.61 Å². The van der Waals surface area contributed by atoms with Gasteiger partial charge < -0.3 is 9.64 Å². The number of likely N-dealkylation sites (tertiary alicyclic amines) is 1. The standard InChI is InChI=1S/C14H29NO.C2H6/c1-16-14-10-5-3-2-4-7-11-15-12-8-6-9-13-15;1-2/h2-14H2,1H3;1-2H3. The maximum absolute atomic E-state index is 5.04. The van der Waals surface area contributed by atoms with Crippen LogP contribution in [0.5, 0.6) is 0 Å². The van der Waals surface area contributed by atoms with Gasteiger partial charge in [0, 0.05) is 13.7 Å². The average molecular weight is 257 g/mol. The van der Waals surface area contributed by atoms with Gasteiger partial charge in [0.1, 0.15) is 0 Å². The van der Waals surface area contributed by atoms with Gasteiger partial charge in [-0.1, -0.05) is 46.0 Å². The van der Waals surface area contributed by atoms with E-state index in [2.05, 4.69) is 4.90 Å². The van der Waals surface area contributed by atoms with Crippen LogP contribution in [0.2, 0.25) is 0 Å². The molecule has 0 atom stereocenters. The third-order valence-corrected chi connectivity index (χ3v) is 3.52. The molecule has 0 amide bonds. The summed E-state index contributed by atoms with van der Waals surface area (Å²) in [6, 6.07) is 0. The molecule has 1 aliphatic heterocycles. The maximum Gasteiger partial charge on any atom is 0.0462 e. The smallest absolute Gasteiger partial charge is 0.0462 e. The summed E-state index contributed by atoms with van der Waals surface area (Å²) < 4.78 is 5.04. The van der Waals surface area contributed by atoms with E-state index in [0.29, 0.717) is 0 Å². The molecule has 0 radical (unpaired) electrons. The second-order valence-corrected chi connectivity index (χ2v) is 5.02. The number of nitrogens with zero attached hydrogens (tertiary/aromatic N) is 1. The normalized spacial score (nSPS) is 16.2. The molecule has 1 heterocycles. The van der Waals surface area contributed by atoms with Gasteiger partial charge in [-0.2, -0.15) is 0 Å². The lowest BCUT2D eigenvalue weighted by Crippen LogP contribution is -2.30. The van der Waals surface area contributed by atoms with E-state index in [1.807, 2.05) is 13.8 Å². The fraction of sp³-hybridized carbons (Fsp3) is 1.00. The largest absolute Gasteiger partial charge is 0.385 e. The topological polar surface area (TPSA) is 12.5 Å². The van der Waals surface area contributed by atoms with E-state index in [-0.39, 0.29) is 0 Å². The quantitative estimate of drug-likeness (QED) is 0.564. The van der Waals surface area contributed by atoms with Crippen LogP contribution < -0.4 is 0 Å². The van der Waals surface area contributed by atoms with Crippen molar-refractivity contribution < 1.29 is 4.74 Å². The van der Waals surface area contributed by atoms with Crippen molar-refractivity contribution in [2.75, 3.05) is 33.4 Å². The van der Waals surface area contributed by atoms with Gasteiger partial charge in [0.05, 0.1) is 0 Å². The molecule has 0 aliphatic carbocycles. The van der Waals surface area contributed by atoms with Gasteiger partial charge in [0.2, 0.25) is 0 Å². The van der Waals surface area contributed by atoms with Gasteiger partial charge in [0.15, 0.2) is 0 Å². The van der Waals surface area contributed by atoms with Crippen LogP contribution in [0.3, 0.4) is 0 Å². The molecule has 1 fully saturated rings. The second kappa shape index (κ2) is 15.0. The molecule has 1 aliphatic rings. The molecule has 0 spiro atoms. The summed E-state index contributed by atoms with van der Waals surface area (Å²) in [4.78, 5) is 2.65. The Bertz CT molecular complexity index is 144. The fourth-order valence-corrected chi connectivity index (χ4v) is 2.47. The first kappa shape index (κ1) is 17.9. The van der Waals surface area contributed by atoms with Crippen molar-refractivity contribution in [3.8, 4) is 0 Å². The lowest BCUT2D eigenvalue weighted by molar-refractivity contribution is 0.191. The van der Waals surface area contributed by atoms with Crippen LogP contribution in [0.15, 0.2) is 0 Å². The van der Waals surface area contributed by atoms with Crippen LogP contribution in [0, 0.1) is 0 Å². The Hall–Kier alpha value is -0.0800. The number of ether oxygens (including phenoxy) is 1. The molecule has 18 heavy (non-hydrogen) atoms. The molecule has 0 aromatic rings. The van der Waals surface area contributed by atoms with Crippen molar-refractivity contribution in [2.45, 2.75) is 71.6 Å². The summed E-state index contributed by atoms with van der Waals surface area (Å²) in [6.07, 6.45) is 12.5. The maximum atomic E-state index is 5.04. The van der Waals surface area contributed by atoms with Crippen LogP contribution in [0.4, 0.5) is 0 Å². The molecular formula is C16H35NO. The van der Waals surface area contributed by atoms with Crippen LogP contribution in [0.25, 0.3) is 0 Å². The highest BCUT2D eigenvalue weighted by Crippen LogP contribution is 2.11. The van der Waals surface area contributed by atoms with Crippen molar-refractivity contribution >= 4 is 0 Å². The van der Waals surface area contributed by atoms with Crippen LogP contribution in [-0.4, -0.2) is 38.3 Å². The summed E-state index contributed by atoms with van der Waals surface area (Å²) in [6.45, 7) is 8.99. The number of methoxy groups -OCH3 is 1. The van der Waals surface area contributed by atoms with E-state index in [1.54, 1.807) is 7.11 Å². The molecule has 110 valence electrons. The molecule has 0 aromatic heterocycles. The zero-order chi connectivity index (χ0) is 13.5. The minimum Gasteiger partial charge on any atom is -0.385 e. The Balaban J connectivity index is 0.00000137. The van der Waals surface area contributed by atoms with Crippen molar-refractivity contribution in [1.29, 1.82) is 0 Å². The minimum absolute atomic E-state index is 0.938. The Morgan fingerprint density at radius 2 is 1.33 bits per heavy atom. The lowest BCUT2D eigenvalue weighted by Gasteiger charge is -2.26. The predicted octanol–water partition coefficient (Wildman–Crippen LogP) is 4.49. The number of rotatable bonds is 9. The average Bonchev–Trinajstić information content (AvgIpc) is 2.45. The van der Waals surface area contributed by atoms with Crippen LogP contribution >= 0.6 is 0 Å². The van der Waals surface area contributed by atoms with Crippen LogP contribution in [0.1, 0.15) is 71.6 Å². The minimum atomic E-state index is 0.938. The monoisotopic (exact) mass is 257 g/mol. The Morgan fingerprint density at radius 3 is 1.94 bits per heavy atom. The highest BCUT2D eigenvalue weighted by Gasteiger charge is 2.08. The van der Waals surface area contributed by atoms with Crippen molar-refractivity contribution in [1.82, 2.24) is 4.90 Å². The van der Waals surface area contributed by atoms with Gasteiger partial charge in [-0.3, -0.25) is 0 Å². The molecule has 2 heteroatoms. The van der Waals surface area contributed by atoms with Gasteiger partial charge >= 0.3 is 0 Å². The Labute approximate surface area is 115 Å². The van der Waals surface area contributed by atoms with E-state index in [9.17, 15) is 0 Å². The first-order valence-electron chi connectivity index (χ1n) is 8.15. The highest BCUT2D eigenvalue weighted by atomic mass is 16.5. The molecule has 0 saturated carbocycles. The summed E-state index contributed by atoms with van der Waals surface area (Å²) in [5.74, 6) is 0.